The summed E-state index contributed by atoms with van der Waals surface area (Å²) < 4.78 is 0. The van der Waals surface area contributed by atoms with E-state index < -0.39 is 0 Å². The Morgan fingerprint density at radius 3 is 2.48 bits per heavy atom. The van der Waals surface area contributed by atoms with Crippen molar-refractivity contribution in [3.8, 4) is 0 Å². The monoisotopic (exact) mass is 292 g/mol. The molecule has 0 aromatic heterocycles. The maximum Gasteiger partial charge on any atom is 0.0558 e. The fraction of sp³-hybridized carbons (Fsp3) is 0.667. The van der Waals surface area contributed by atoms with Crippen LogP contribution >= 0.6 is 0 Å². The first-order valence-electron chi connectivity index (χ1n) is 8.21. The molecule has 1 atom stereocenters. The van der Waals surface area contributed by atoms with E-state index in [1.807, 2.05) is 6.07 Å². The zero-order valence-corrected chi connectivity index (χ0v) is 13.9. The molecule has 0 heterocycles. The van der Waals surface area contributed by atoms with Crippen molar-refractivity contribution in [3.05, 3.63) is 35.9 Å². The molecule has 120 valence electrons. The third-order valence-corrected chi connectivity index (χ3v) is 3.93. The van der Waals surface area contributed by atoms with Gasteiger partial charge < -0.3 is 10.4 Å². The molecular formula is C18H32N2O. The first-order chi connectivity index (χ1) is 10.1. The number of aliphatic hydroxyl groups excluding tert-OH is 1. The number of benzene rings is 1. The Kier molecular flexibility index (Phi) is 8.58. The van der Waals surface area contributed by atoms with E-state index in [2.05, 4.69) is 55.3 Å². The minimum absolute atomic E-state index is 0.218. The number of hydrogen-bond acceptors (Lipinski definition) is 3. The van der Waals surface area contributed by atoms with Crippen molar-refractivity contribution in [3.63, 3.8) is 0 Å². The van der Waals surface area contributed by atoms with Crippen LogP contribution in [-0.4, -0.2) is 42.8 Å². The summed E-state index contributed by atoms with van der Waals surface area (Å²) in [6.07, 6.45) is 2.40. The van der Waals surface area contributed by atoms with Crippen LogP contribution in [0.3, 0.4) is 0 Å². The molecule has 0 bridgehead atoms. The van der Waals surface area contributed by atoms with Crippen LogP contribution in [0.5, 0.6) is 0 Å². The second kappa shape index (κ2) is 9.93. The number of hydrogen-bond donors (Lipinski definition) is 2. The third-order valence-electron chi connectivity index (χ3n) is 3.93. The van der Waals surface area contributed by atoms with Gasteiger partial charge in [0.05, 0.1) is 6.61 Å². The normalized spacial score (nSPS) is 14.3. The average Bonchev–Trinajstić information content (AvgIpc) is 2.47. The number of rotatable bonds is 11. The van der Waals surface area contributed by atoms with Crippen LogP contribution in [0.4, 0.5) is 0 Å². The number of nitrogens with one attached hydrogen (secondary N) is 1. The molecule has 3 nitrogen and oxygen atoms in total. The highest BCUT2D eigenvalue weighted by atomic mass is 16.3. The van der Waals surface area contributed by atoms with E-state index in [9.17, 15) is 5.11 Å². The fourth-order valence-electron chi connectivity index (χ4n) is 2.99. The van der Waals surface area contributed by atoms with E-state index in [1.54, 1.807) is 0 Å². The molecule has 0 amide bonds. The van der Waals surface area contributed by atoms with E-state index in [0.717, 1.165) is 32.7 Å². The van der Waals surface area contributed by atoms with Crippen LogP contribution < -0.4 is 5.32 Å². The van der Waals surface area contributed by atoms with Gasteiger partial charge in [-0.1, -0.05) is 57.5 Å². The van der Waals surface area contributed by atoms with Crippen molar-refractivity contribution >= 4 is 0 Å². The summed E-state index contributed by atoms with van der Waals surface area (Å²) in [5, 5.41) is 12.9. The van der Waals surface area contributed by atoms with Gasteiger partial charge in [-0.2, -0.15) is 0 Å². The molecular weight excluding hydrogens is 260 g/mol. The highest BCUT2D eigenvalue weighted by molar-refractivity contribution is 5.14. The Morgan fingerprint density at radius 1 is 1.19 bits per heavy atom. The second-order valence-electron chi connectivity index (χ2n) is 6.26. The summed E-state index contributed by atoms with van der Waals surface area (Å²) in [7, 11) is 0. The summed E-state index contributed by atoms with van der Waals surface area (Å²) >= 11 is 0. The Morgan fingerprint density at radius 2 is 1.90 bits per heavy atom. The van der Waals surface area contributed by atoms with Gasteiger partial charge in [0.2, 0.25) is 0 Å². The lowest BCUT2D eigenvalue weighted by molar-refractivity contribution is 0.120. The molecule has 2 N–H and O–H groups in total. The van der Waals surface area contributed by atoms with Crippen molar-refractivity contribution in [2.24, 2.45) is 5.41 Å². The summed E-state index contributed by atoms with van der Waals surface area (Å²) in [6, 6.07) is 10.5. The van der Waals surface area contributed by atoms with Crippen molar-refractivity contribution in [2.75, 3.05) is 32.8 Å². The Balaban J connectivity index is 2.69. The van der Waals surface area contributed by atoms with Gasteiger partial charge in [-0.05, 0) is 23.9 Å². The minimum atomic E-state index is 0.218. The summed E-state index contributed by atoms with van der Waals surface area (Å²) in [5.74, 6) is 0. The standard InChI is InChI=1S/C18H32N2O/c1-4-11-18(3,15-19-5-2)16-20(12-13-21)14-17-9-7-6-8-10-17/h6-10,19,21H,4-5,11-16H2,1-3H3. The lowest BCUT2D eigenvalue weighted by Gasteiger charge is -2.35. The zero-order chi connectivity index (χ0) is 15.6. The molecule has 0 saturated heterocycles. The first kappa shape index (κ1) is 18.1. The Labute approximate surface area is 130 Å². The SMILES string of the molecule is CCCC(C)(CNCC)CN(CCO)Cc1ccccc1. The summed E-state index contributed by atoms with van der Waals surface area (Å²) in [5.41, 5.74) is 1.57. The van der Waals surface area contributed by atoms with E-state index in [-0.39, 0.29) is 12.0 Å². The van der Waals surface area contributed by atoms with Crippen molar-refractivity contribution < 1.29 is 5.11 Å². The van der Waals surface area contributed by atoms with Crippen LogP contribution in [-0.2, 0) is 6.54 Å². The molecule has 1 rings (SSSR count). The molecule has 0 aliphatic rings. The van der Waals surface area contributed by atoms with Crippen LogP contribution in [0, 0.1) is 5.41 Å². The van der Waals surface area contributed by atoms with Crippen LogP contribution in [0.15, 0.2) is 30.3 Å². The molecule has 0 aliphatic heterocycles. The van der Waals surface area contributed by atoms with Crippen molar-refractivity contribution in [1.82, 2.24) is 10.2 Å². The predicted octanol–water partition coefficient (Wildman–Crippen LogP) is 2.90. The van der Waals surface area contributed by atoms with E-state index in [1.165, 1.54) is 18.4 Å². The van der Waals surface area contributed by atoms with Gasteiger partial charge in [0, 0.05) is 26.2 Å². The lowest BCUT2D eigenvalue weighted by atomic mass is 9.84. The van der Waals surface area contributed by atoms with E-state index in [4.69, 9.17) is 0 Å². The molecule has 0 saturated carbocycles. The quantitative estimate of drug-likeness (QED) is 0.658. The molecule has 0 spiro atoms. The van der Waals surface area contributed by atoms with E-state index in [0.29, 0.717) is 0 Å². The lowest BCUT2D eigenvalue weighted by Crippen LogP contribution is -2.43. The Bertz CT molecular complexity index is 369. The maximum absolute atomic E-state index is 9.36. The highest BCUT2D eigenvalue weighted by Crippen LogP contribution is 2.24. The van der Waals surface area contributed by atoms with Gasteiger partial charge in [0.25, 0.3) is 0 Å². The first-order valence-corrected chi connectivity index (χ1v) is 8.21. The Hall–Kier alpha value is -0.900. The second-order valence-corrected chi connectivity index (χ2v) is 6.26. The zero-order valence-electron chi connectivity index (χ0n) is 13.9. The number of nitrogens with zero attached hydrogens (tertiary/aromatic N) is 1. The van der Waals surface area contributed by atoms with Gasteiger partial charge in [-0.25, -0.2) is 0 Å². The summed E-state index contributed by atoms with van der Waals surface area (Å²) in [4.78, 5) is 2.38. The van der Waals surface area contributed by atoms with Gasteiger partial charge in [0.15, 0.2) is 0 Å². The van der Waals surface area contributed by atoms with Crippen LogP contribution in [0.1, 0.15) is 39.2 Å². The molecule has 0 radical (unpaired) electrons. The molecule has 1 unspecified atom stereocenters. The molecule has 1 aromatic carbocycles. The molecule has 0 aliphatic carbocycles. The smallest absolute Gasteiger partial charge is 0.0558 e. The molecule has 21 heavy (non-hydrogen) atoms. The van der Waals surface area contributed by atoms with Gasteiger partial charge in [-0.3, -0.25) is 4.90 Å². The highest BCUT2D eigenvalue weighted by Gasteiger charge is 2.25. The molecule has 0 fully saturated rings. The topological polar surface area (TPSA) is 35.5 Å². The fourth-order valence-corrected chi connectivity index (χ4v) is 2.99. The maximum atomic E-state index is 9.36. The van der Waals surface area contributed by atoms with Crippen molar-refractivity contribution in [1.29, 1.82) is 0 Å². The van der Waals surface area contributed by atoms with E-state index >= 15 is 0 Å². The predicted molar refractivity (Wildman–Crippen MR) is 90.4 cm³/mol. The molecule has 3 heteroatoms. The van der Waals surface area contributed by atoms with Gasteiger partial charge in [0.1, 0.15) is 0 Å². The van der Waals surface area contributed by atoms with Crippen LogP contribution in [0.2, 0.25) is 0 Å². The molecule has 1 aromatic rings. The largest absolute Gasteiger partial charge is 0.395 e. The van der Waals surface area contributed by atoms with Gasteiger partial charge in [-0.15, -0.1) is 0 Å². The summed E-state index contributed by atoms with van der Waals surface area (Å²) in [6.45, 7) is 11.7. The van der Waals surface area contributed by atoms with Crippen LogP contribution in [0.25, 0.3) is 0 Å². The minimum Gasteiger partial charge on any atom is -0.395 e. The number of aliphatic hydroxyl groups is 1. The van der Waals surface area contributed by atoms with Crippen molar-refractivity contribution in [2.45, 2.75) is 40.2 Å². The average molecular weight is 292 g/mol. The van der Waals surface area contributed by atoms with Gasteiger partial charge >= 0.3 is 0 Å². The third kappa shape index (κ3) is 7.07.